The van der Waals surface area contributed by atoms with Crippen LogP contribution in [0.3, 0.4) is 0 Å². The molecule has 1 heterocycles. The van der Waals surface area contributed by atoms with Crippen LogP contribution in [0, 0.1) is 6.92 Å². The van der Waals surface area contributed by atoms with Gasteiger partial charge < -0.3 is 15.6 Å². The molecule has 0 aliphatic rings. The van der Waals surface area contributed by atoms with Gasteiger partial charge in [0.15, 0.2) is 0 Å². The highest BCUT2D eigenvalue weighted by Gasteiger charge is 2.05. The van der Waals surface area contributed by atoms with Crippen LogP contribution in [0.2, 0.25) is 0 Å². The summed E-state index contributed by atoms with van der Waals surface area (Å²) in [5.74, 6) is 0.697. The van der Waals surface area contributed by atoms with E-state index in [1.807, 2.05) is 6.92 Å². The standard InChI is InChI=1S/C13H14N4OS/c1-9-15-6-7-17(9)8-12(18)16-11-4-2-10(3-5-11)13(14)19/h2-7H,8H2,1H3,(H2,14,19)(H,16,18). The second kappa shape index (κ2) is 5.62. The molecule has 19 heavy (non-hydrogen) atoms. The molecular weight excluding hydrogens is 260 g/mol. The van der Waals surface area contributed by atoms with Crippen molar-refractivity contribution in [2.75, 3.05) is 5.32 Å². The van der Waals surface area contributed by atoms with Crippen molar-refractivity contribution in [3.05, 3.63) is 48.0 Å². The minimum absolute atomic E-state index is 0.107. The summed E-state index contributed by atoms with van der Waals surface area (Å²) in [4.78, 5) is 16.2. The Morgan fingerprint density at radius 2 is 2.11 bits per heavy atom. The molecule has 0 unspecified atom stereocenters. The van der Waals surface area contributed by atoms with Gasteiger partial charge in [-0.2, -0.15) is 0 Å². The highest BCUT2D eigenvalue weighted by atomic mass is 32.1. The molecule has 6 heteroatoms. The maximum absolute atomic E-state index is 11.8. The predicted molar refractivity (Wildman–Crippen MR) is 77.9 cm³/mol. The van der Waals surface area contributed by atoms with Gasteiger partial charge in [0.25, 0.3) is 0 Å². The molecule has 2 rings (SSSR count). The van der Waals surface area contributed by atoms with E-state index in [-0.39, 0.29) is 12.5 Å². The van der Waals surface area contributed by atoms with Gasteiger partial charge in [-0.05, 0) is 31.2 Å². The van der Waals surface area contributed by atoms with Crippen molar-refractivity contribution in [3.63, 3.8) is 0 Å². The Morgan fingerprint density at radius 3 is 2.63 bits per heavy atom. The van der Waals surface area contributed by atoms with Gasteiger partial charge in [0.2, 0.25) is 5.91 Å². The fraction of sp³-hybridized carbons (Fsp3) is 0.154. The summed E-state index contributed by atoms with van der Waals surface area (Å²) in [5, 5.41) is 2.80. The number of nitrogens with two attached hydrogens (primary N) is 1. The lowest BCUT2D eigenvalue weighted by molar-refractivity contribution is -0.116. The molecule has 0 atom stereocenters. The van der Waals surface area contributed by atoms with E-state index in [9.17, 15) is 4.79 Å². The van der Waals surface area contributed by atoms with Crippen LogP contribution in [0.5, 0.6) is 0 Å². The summed E-state index contributed by atoms with van der Waals surface area (Å²) in [7, 11) is 0. The van der Waals surface area contributed by atoms with Gasteiger partial charge in [-0.25, -0.2) is 4.98 Å². The molecule has 0 fully saturated rings. The topological polar surface area (TPSA) is 72.9 Å². The molecule has 0 bridgehead atoms. The maximum Gasteiger partial charge on any atom is 0.244 e. The van der Waals surface area contributed by atoms with Crippen LogP contribution in [0.1, 0.15) is 11.4 Å². The first-order valence-electron chi connectivity index (χ1n) is 5.74. The third-order valence-corrected chi connectivity index (χ3v) is 2.93. The van der Waals surface area contributed by atoms with Crippen molar-refractivity contribution in [1.82, 2.24) is 9.55 Å². The minimum Gasteiger partial charge on any atom is -0.389 e. The van der Waals surface area contributed by atoms with E-state index in [4.69, 9.17) is 18.0 Å². The van der Waals surface area contributed by atoms with Gasteiger partial charge in [0.1, 0.15) is 17.4 Å². The van der Waals surface area contributed by atoms with E-state index in [1.54, 1.807) is 41.2 Å². The summed E-state index contributed by atoms with van der Waals surface area (Å²) in [6.45, 7) is 2.09. The number of imidazole rings is 1. The molecule has 2 aromatic rings. The largest absolute Gasteiger partial charge is 0.389 e. The van der Waals surface area contributed by atoms with Crippen molar-refractivity contribution in [3.8, 4) is 0 Å². The van der Waals surface area contributed by atoms with E-state index in [2.05, 4.69) is 10.3 Å². The van der Waals surface area contributed by atoms with E-state index >= 15 is 0 Å². The smallest absolute Gasteiger partial charge is 0.244 e. The van der Waals surface area contributed by atoms with E-state index in [0.717, 1.165) is 11.4 Å². The number of benzene rings is 1. The molecule has 0 spiro atoms. The maximum atomic E-state index is 11.8. The summed E-state index contributed by atoms with van der Waals surface area (Å²) < 4.78 is 1.78. The van der Waals surface area contributed by atoms with Crippen molar-refractivity contribution in [2.45, 2.75) is 13.5 Å². The second-order valence-corrected chi connectivity index (χ2v) is 4.53. The average Bonchev–Trinajstić information content (AvgIpc) is 2.75. The highest BCUT2D eigenvalue weighted by Crippen LogP contribution is 2.09. The van der Waals surface area contributed by atoms with E-state index < -0.39 is 0 Å². The Labute approximate surface area is 116 Å². The molecule has 1 aromatic carbocycles. The van der Waals surface area contributed by atoms with Crippen LogP contribution in [0.4, 0.5) is 5.69 Å². The fourth-order valence-electron chi connectivity index (χ4n) is 1.64. The van der Waals surface area contributed by atoms with Crippen LogP contribution >= 0.6 is 12.2 Å². The zero-order valence-corrected chi connectivity index (χ0v) is 11.3. The van der Waals surface area contributed by atoms with E-state index in [1.165, 1.54) is 0 Å². The molecule has 0 aliphatic carbocycles. The summed E-state index contributed by atoms with van der Waals surface area (Å²) in [6, 6.07) is 7.10. The first kappa shape index (κ1) is 13.2. The molecule has 5 nitrogen and oxygen atoms in total. The average molecular weight is 274 g/mol. The summed E-state index contributed by atoms with van der Waals surface area (Å²) in [5.41, 5.74) is 6.99. The molecule has 0 aliphatic heterocycles. The number of aryl methyl sites for hydroxylation is 1. The molecule has 1 aromatic heterocycles. The number of amides is 1. The Bertz CT molecular complexity index is 603. The van der Waals surface area contributed by atoms with Gasteiger partial charge in [-0.3, -0.25) is 4.79 Å². The normalized spacial score (nSPS) is 10.2. The molecule has 0 radical (unpaired) electrons. The first-order valence-corrected chi connectivity index (χ1v) is 6.14. The molecule has 3 N–H and O–H groups in total. The van der Waals surface area contributed by atoms with Crippen molar-refractivity contribution in [1.29, 1.82) is 0 Å². The number of rotatable bonds is 4. The first-order chi connectivity index (χ1) is 9.06. The Morgan fingerprint density at radius 1 is 1.42 bits per heavy atom. The van der Waals surface area contributed by atoms with Gasteiger partial charge >= 0.3 is 0 Å². The van der Waals surface area contributed by atoms with Gasteiger partial charge in [0.05, 0.1) is 0 Å². The zero-order valence-electron chi connectivity index (χ0n) is 10.5. The molecule has 0 saturated carbocycles. The lowest BCUT2D eigenvalue weighted by atomic mass is 10.2. The van der Waals surface area contributed by atoms with Crippen molar-refractivity contribution in [2.24, 2.45) is 5.73 Å². The molecular formula is C13H14N4OS. The Kier molecular flexibility index (Phi) is 3.91. The number of nitrogens with zero attached hydrogens (tertiary/aromatic N) is 2. The van der Waals surface area contributed by atoms with Crippen LogP contribution in [-0.4, -0.2) is 20.4 Å². The Hall–Kier alpha value is -2.21. The van der Waals surface area contributed by atoms with Crippen LogP contribution < -0.4 is 11.1 Å². The number of nitrogens with one attached hydrogen (secondary N) is 1. The second-order valence-electron chi connectivity index (χ2n) is 4.09. The fourth-order valence-corrected chi connectivity index (χ4v) is 1.78. The summed E-state index contributed by atoms with van der Waals surface area (Å²) in [6.07, 6.45) is 3.43. The number of carbonyl (C=O) groups excluding carboxylic acids is 1. The number of anilines is 1. The number of hydrogen-bond donors (Lipinski definition) is 2. The van der Waals surface area contributed by atoms with Crippen LogP contribution in [0.15, 0.2) is 36.7 Å². The quantitative estimate of drug-likeness (QED) is 0.828. The molecule has 98 valence electrons. The number of aromatic nitrogens is 2. The molecule has 1 amide bonds. The zero-order chi connectivity index (χ0) is 13.8. The van der Waals surface area contributed by atoms with Crippen molar-refractivity contribution >= 4 is 28.8 Å². The monoisotopic (exact) mass is 274 g/mol. The number of hydrogen-bond acceptors (Lipinski definition) is 3. The lowest BCUT2D eigenvalue weighted by Gasteiger charge is -2.07. The predicted octanol–water partition coefficient (Wildman–Crippen LogP) is 1.46. The van der Waals surface area contributed by atoms with Gasteiger partial charge in [-0.1, -0.05) is 12.2 Å². The summed E-state index contributed by atoms with van der Waals surface area (Å²) >= 11 is 4.86. The van der Waals surface area contributed by atoms with Gasteiger partial charge in [0, 0.05) is 23.6 Å². The molecule has 0 saturated heterocycles. The SMILES string of the molecule is Cc1nccn1CC(=O)Nc1ccc(C(N)=S)cc1. The highest BCUT2D eigenvalue weighted by molar-refractivity contribution is 7.80. The lowest BCUT2D eigenvalue weighted by Crippen LogP contribution is -2.19. The van der Waals surface area contributed by atoms with E-state index in [0.29, 0.717) is 10.7 Å². The Balaban J connectivity index is 1.99. The number of carbonyl (C=O) groups is 1. The third-order valence-electron chi connectivity index (χ3n) is 2.69. The van der Waals surface area contributed by atoms with Gasteiger partial charge in [-0.15, -0.1) is 0 Å². The van der Waals surface area contributed by atoms with Crippen molar-refractivity contribution < 1.29 is 4.79 Å². The number of thiocarbonyl (C=S) groups is 1. The minimum atomic E-state index is -0.107. The van der Waals surface area contributed by atoms with Crippen LogP contribution in [-0.2, 0) is 11.3 Å². The van der Waals surface area contributed by atoms with Crippen LogP contribution in [0.25, 0.3) is 0 Å². The third kappa shape index (κ3) is 3.38.